The standard InChI is InChI=1S/C16H23N3O5S/c1-12-4-6-14(7-5-12)25(23,24)19-9-2-3-13(19)11-18-16(22)15(21)17-8-10-20/h4-7,13,20H,2-3,8-11H2,1H3,(H,17,21)(H,18,22)/t13-/m1/s1. The van der Waals surface area contributed by atoms with Crippen molar-refractivity contribution in [3.05, 3.63) is 29.8 Å². The molecular weight excluding hydrogens is 346 g/mol. The Morgan fingerprint density at radius 3 is 2.48 bits per heavy atom. The predicted octanol–water partition coefficient (Wildman–Crippen LogP) is -0.627. The Labute approximate surface area is 147 Å². The molecule has 0 spiro atoms. The SMILES string of the molecule is Cc1ccc(S(=O)(=O)N2CCC[C@@H]2CNC(=O)C(=O)NCCO)cc1. The van der Waals surface area contributed by atoms with E-state index in [9.17, 15) is 18.0 Å². The lowest BCUT2D eigenvalue weighted by molar-refractivity contribution is -0.139. The lowest BCUT2D eigenvalue weighted by Crippen LogP contribution is -2.47. The summed E-state index contributed by atoms with van der Waals surface area (Å²) in [5.41, 5.74) is 0.970. The lowest BCUT2D eigenvalue weighted by atomic mass is 10.2. The summed E-state index contributed by atoms with van der Waals surface area (Å²) in [5, 5.41) is 13.3. The maximum Gasteiger partial charge on any atom is 0.309 e. The van der Waals surface area contributed by atoms with Crippen LogP contribution >= 0.6 is 0 Å². The van der Waals surface area contributed by atoms with Gasteiger partial charge < -0.3 is 15.7 Å². The van der Waals surface area contributed by atoms with E-state index in [0.29, 0.717) is 19.4 Å². The zero-order valence-corrected chi connectivity index (χ0v) is 14.9. The van der Waals surface area contributed by atoms with Gasteiger partial charge in [-0.25, -0.2) is 8.42 Å². The molecular formula is C16H23N3O5S. The van der Waals surface area contributed by atoms with E-state index in [2.05, 4.69) is 10.6 Å². The highest BCUT2D eigenvalue weighted by atomic mass is 32.2. The van der Waals surface area contributed by atoms with Crippen LogP contribution in [0, 0.1) is 6.92 Å². The third-order valence-electron chi connectivity index (χ3n) is 4.05. The maximum atomic E-state index is 12.8. The fourth-order valence-electron chi connectivity index (χ4n) is 2.72. The number of carbonyl (C=O) groups excluding carboxylic acids is 2. The number of carbonyl (C=O) groups is 2. The van der Waals surface area contributed by atoms with Gasteiger partial charge in [-0.05, 0) is 31.9 Å². The summed E-state index contributed by atoms with van der Waals surface area (Å²) in [6.07, 6.45) is 1.31. The highest BCUT2D eigenvalue weighted by molar-refractivity contribution is 7.89. The molecule has 1 aliphatic heterocycles. The van der Waals surface area contributed by atoms with Crippen molar-refractivity contribution >= 4 is 21.8 Å². The van der Waals surface area contributed by atoms with Gasteiger partial charge in [-0.2, -0.15) is 4.31 Å². The van der Waals surface area contributed by atoms with E-state index >= 15 is 0 Å². The Kier molecular flexibility index (Phi) is 6.51. The van der Waals surface area contributed by atoms with E-state index in [1.165, 1.54) is 4.31 Å². The molecule has 1 heterocycles. The molecule has 2 rings (SSSR count). The number of aryl methyl sites for hydroxylation is 1. The van der Waals surface area contributed by atoms with Gasteiger partial charge in [0.05, 0.1) is 11.5 Å². The van der Waals surface area contributed by atoms with Gasteiger partial charge in [0, 0.05) is 25.7 Å². The van der Waals surface area contributed by atoms with E-state index in [0.717, 1.165) is 5.56 Å². The number of hydrogen-bond acceptors (Lipinski definition) is 5. The molecule has 0 bridgehead atoms. The van der Waals surface area contributed by atoms with Crippen LogP contribution in [0.5, 0.6) is 0 Å². The summed E-state index contributed by atoms with van der Waals surface area (Å²) >= 11 is 0. The van der Waals surface area contributed by atoms with Crippen molar-refractivity contribution in [2.45, 2.75) is 30.7 Å². The quantitative estimate of drug-likeness (QED) is 0.578. The minimum absolute atomic E-state index is 0.0103. The number of aliphatic hydroxyl groups is 1. The highest BCUT2D eigenvalue weighted by Gasteiger charge is 2.35. The summed E-state index contributed by atoms with van der Waals surface area (Å²) in [4.78, 5) is 23.4. The zero-order valence-electron chi connectivity index (χ0n) is 14.1. The van der Waals surface area contributed by atoms with E-state index < -0.39 is 21.8 Å². The first-order valence-corrected chi connectivity index (χ1v) is 9.55. The summed E-state index contributed by atoms with van der Waals surface area (Å²) in [7, 11) is -3.64. The molecule has 25 heavy (non-hydrogen) atoms. The predicted molar refractivity (Wildman–Crippen MR) is 91.2 cm³/mol. The van der Waals surface area contributed by atoms with Gasteiger partial charge in [0.2, 0.25) is 10.0 Å². The molecule has 0 radical (unpaired) electrons. The third-order valence-corrected chi connectivity index (χ3v) is 6.02. The van der Waals surface area contributed by atoms with Gasteiger partial charge >= 0.3 is 11.8 Å². The Hall–Kier alpha value is -1.97. The molecule has 1 fully saturated rings. The monoisotopic (exact) mass is 369 g/mol. The second-order valence-corrected chi connectivity index (χ2v) is 7.80. The van der Waals surface area contributed by atoms with E-state index in [1.807, 2.05) is 6.92 Å². The number of nitrogens with one attached hydrogen (secondary N) is 2. The van der Waals surface area contributed by atoms with Gasteiger partial charge in [0.15, 0.2) is 0 Å². The number of benzene rings is 1. The van der Waals surface area contributed by atoms with Crippen molar-refractivity contribution in [1.29, 1.82) is 0 Å². The van der Waals surface area contributed by atoms with E-state index in [4.69, 9.17) is 5.11 Å². The molecule has 9 heteroatoms. The van der Waals surface area contributed by atoms with Gasteiger partial charge in [-0.15, -0.1) is 0 Å². The first kappa shape index (κ1) is 19.4. The van der Waals surface area contributed by atoms with Crippen molar-refractivity contribution in [3.63, 3.8) is 0 Å². The van der Waals surface area contributed by atoms with Crippen molar-refractivity contribution < 1.29 is 23.1 Å². The second-order valence-electron chi connectivity index (χ2n) is 5.91. The van der Waals surface area contributed by atoms with Gasteiger partial charge in [-0.1, -0.05) is 17.7 Å². The first-order valence-electron chi connectivity index (χ1n) is 8.11. The fourth-order valence-corrected chi connectivity index (χ4v) is 4.41. The Morgan fingerprint density at radius 1 is 1.20 bits per heavy atom. The van der Waals surface area contributed by atoms with Gasteiger partial charge in [0.25, 0.3) is 0 Å². The summed E-state index contributed by atoms with van der Waals surface area (Å²) in [6.45, 7) is 2.06. The van der Waals surface area contributed by atoms with Crippen LogP contribution in [0.3, 0.4) is 0 Å². The molecule has 0 aromatic heterocycles. The summed E-state index contributed by atoms with van der Waals surface area (Å²) in [5.74, 6) is -1.69. The molecule has 2 amide bonds. The molecule has 1 saturated heterocycles. The van der Waals surface area contributed by atoms with Crippen LogP contribution in [-0.4, -0.2) is 61.9 Å². The Morgan fingerprint density at radius 2 is 1.84 bits per heavy atom. The molecule has 1 aromatic carbocycles. The van der Waals surface area contributed by atoms with Gasteiger partial charge in [0.1, 0.15) is 0 Å². The molecule has 0 aliphatic carbocycles. The van der Waals surface area contributed by atoms with Crippen LogP contribution in [0.1, 0.15) is 18.4 Å². The minimum atomic E-state index is -3.64. The molecule has 1 aromatic rings. The van der Waals surface area contributed by atoms with Crippen molar-refractivity contribution in [2.24, 2.45) is 0 Å². The average molecular weight is 369 g/mol. The number of nitrogens with zero attached hydrogens (tertiary/aromatic N) is 1. The normalized spacial score (nSPS) is 18.1. The van der Waals surface area contributed by atoms with Crippen LogP contribution in [0.15, 0.2) is 29.2 Å². The maximum absolute atomic E-state index is 12.8. The lowest BCUT2D eigenvalue weighted by Gasteiger charge is -2.24. The molecule has 138 valence electrons. The van der Waals surface area contributed by atoms with Crippen LogP contribution in [-0.2, 0) is 19.6 Å². The average Bonchev–Trinajstić information content (AvgIpc) is 3.07. The summed E-state index contributed by atoms with van der Waals surface area (Å²) < 4.78 is 26.9. The molecule has 0 saturated carbocycles. The van der Waals surface area contributed by atoms with Crippen molar-refractivity contribution in [3.8, 4) is 0 Å². The van der Waals surface area contributed by atoms with Gasteiger partial charge in [-0.3, -0.25) is 9.59 Å². The van der Waals surface area contributed by atoms with Crippen LogP contribution in [0.2, 0.25) is 0 Å². The number of rotatable bonds is 6. The molecule has 8 nitrogen and oxygen atoms in total. The number of amides is 2. The zero-order chi connectivity index (χ0) is 18.4. The van der Waals surface area contributed by atoms with E-state index in [1.54, 1.807) is 24.3 Å². The molecule has 1 aliphatic rings. The van der Waals surface area contributed by atoms with Crippen molar-refractivity contribution in [2.75, 3.05) is 26.2 Å². The summed E-state index contributed by atoms with van der Waals surface area (Å²) in [6, 6.07) is 6.24. The largest absolute Gasteiger partial charge is 0.395 e. The Bertz CT molecular complexity index is 718. The van der Waals surface area contributed by atoms with Crippen LogP contribution in [0.25, 0.3) is 0 Å². The first-order chi connectivity index (χ1) is 11.9. The van der Waals surface area contributed by atoms with Crippen molar-refractivity contribution in [1.82, 2.24) is 14.9 Å². The fraction of sp³-hybridized carbons (Fsp3) is 0.500. The molecule has 0 unspecified atom stereocenters. The number of hydrogen-bond donors (Lipinski definition) is 3. The number of aliphatic hydroxyl groups excluding tert-OH is 1. The Balaban J connectivity index is 2.01. The molecule has 1 atom stereocenters. The minimum Gasteiger partial charge on any atom is -0.395 e. The van der Waals surface area contributed by atoms with E-state index in [-0.39, 0.29) is 30.6 Å². The third kappa shape index (κ3) is 4.77. The topological polar surface area (TPSA) is 116 Å². The second kappa shape index (κ2) is 8.41. The smallest absolute Gasteiger partial charge is 0.309 e. The number of sulfonamides is 1. The molecule has 3 N–H and O–H groups in total. The highest BCUT2D eigenvalue weighted by Crippen LogP contribution is 2.25. The van der Waals surface area contributed by atoms with Crippen LogP contribution in [0.4, 0.5) is 0 Å². The van der Waals surface area contributed by atoms with Crippen LogP contribution < -0.4 is 10.6 Å².